The van der Waals surface area contributed by atoms with Gasteiger partial charge in [0.1, 0.15) is 0 Å². The molecule has 0 radical (unpaired) electrons. The van der Waals surface area contributed by atoms with Crippen molar-refractivity contribution in [2.45, 2.75) is 18.3 Å². The van der Waals surface area contributed by atoms with Crippen LogP contribution >= 0.6 is 0 Å². The fourth-order valence-electron chi connectivity index (χ4n) is 3.62. The molecule has 0 atom stereocenters. The Hall–Kier alpha value is -3.27. The van der Waals surface area contributed by atoms with Gasteiger partial charge in [-0.1, -0.05) is 48.5 Å². The van der Waals surface area contributed by atoms with Crippen LogP contribution in [0.15, 0.2) is 72.8 Å². The van der Waals surface area contributed by atoms with Crippen LogP contribution in [0.4, 0.5) is 5.69 Å². The number of anilines is 1. The molecule has 1 fully saturated rings. The third-order valence-electron chi connectivity index (χ3n) is 5.34. The van der Waals surface area contributed by atoms with Gasteiger partial charge in [0.2, 0.25) is 12.7 Å². The number of fused-ring (bicyclic) bond motifs is 1. The number of hydrogen-bond donors (Lipinski definition) is 1. The van der Waals surface area contributed by atoms with Crippen molar-refractivity contribution in [1.29, 1.82) is 0 Å². The predicted molar refractivity (Wildman–Crippen MR) is 106 cm³/mol. The van der Waals surface area contributed by atoms with Crippen LogP contribution in [0.2, 0.25) is 0 Å². The highest BCUT2D eigenvalue weighted by Crippen LogP contribution is 2.51. The van der Waals surface area contributed by atoms with Gasteiger partial charge in [-0.05, 0) is 53.8 Å². The van der Waals surface area contributed by atoms with Crippen LogP contribution in [0, 0.1) is 0 Å². The Labute approximate surface area is 159 Å². The van der Waals surface area contributed by atoms with E-state index in [1.807, 2.05) is 54.6 Å². The smallest absolute Gasteiger partial charge is 0.235 e. The SMILES string of the molecule is O=C(Nc1cccc(-c2ccccc2)c1)C1(c2ccc3c(c2)OCO3)CC1.[HH]. The third-order valence-corrected chi connectivity index (χ3v) is 5.34. The topological polar surface area (TPSA) is 47.6 Å². The summed E-state index contributed by atoms with van der Waals surface area (Å²) in [7, 11) is 0. The van der Waals surface area contributed by atoms with Crippen molar-refractivity contribution in [3.8, 4) is 22.6 Å². The van der Waals surface area contributed by atoms with Crippen molar-refractivity contribution in [3.63, 3.8) is 0 Å². The average molecular weight is 359 g/mol. The molecule has 1 aliphatic carbocycles. The van der Waals surface area contributed by atoms with Crippen molar-refractivity contribution in [2.75, 3.05) is 12.1 Å². The number of amides is 1. The van der Waals surface area contributed by atoms with E-state index in [0.29, 0.717) is 0 Å². The van der Waals surface area contributed by atoms with Crippen LogP contribution in [0.3, 0.4) is 0 Å². The van der Waals surface area contributed by atoms with Gasteiger partial charge in [-0.3, -0.25) is 4.79 Å². The highest BCUT2D eigenvalue weighted by molar-refractivity contribution is 6.01. The van der Waals surface area contributed by atoms with Crippen LogP contribution < -0.4 is 14.8 Å². The van der Waals surface area contributed by atoms with Gasteiger partial charge < -0.3 is 14.8 Å². The second kappa shape index (κ2) is 6.16. The summed E-state index contributed by atoms with van der Waals surface area (Å²) in [5.74, 6) is 1.50. The van der Waals surface area contributed by atoms with E-state index < -0.39 is 5.41 Å². The maximum atomic E-state index is 13.1. The first-order valence-corrected chi connectivity index (χ1v) is 9.12. The number of benzene rings is 3. The third kappa shape index (κ3) is 2.83. The lowest BCUT2D eigenvalue weighted by Gasteiger charge is -2.17. The first-order valence-electron chi connectivity index (χ1n) is 9.12. The molecule has 1 amide bonds. The van der Waals surface area contributed by atoms with Gasteiger partial charge in [0, 0.05) is 7.11 Å². The molecule has 1 saturated carbocycles. The van der Waals surface area contributed by atoms with Gasteiger partial charge in [0.05, 0.1) is 5.41 Å². The fourth-order valence-corrected chi connectivity index (χ4v) is 3.62. The molecule has 5 rings (SSSR count). The Bertz CT molecular complexity index is 1020. The number of carbonyl (C=O) groups excluding carboxylic acids is 1. The largest absolute Gasteiger partial charge is 0.454 e. The van der Waals surface area contributed by atoms with Gasteiger partial charge in [-0.15, -0.1) is 0 Å². The zero-order valence-electron chi connectivity index (χ0n) is 14.8. The molecule has 4 heteroatoms. The molecule has 0 saturated heterocycles. The van der Waals surface area contributed by atoms with Gasteiger partial charge in [0.25, 0.3) is 0 Å². The van der Waals surface area contributed by atoms with E-state index in [0.717, 1.165) is 46.7 Å². The summed E-state index contributed by atoms with van der Waals surface area (Å²) in [6, 6.07) is 23.9. The number of rotatable bonds is 4. The van der Waals surface area contributed by atoms with Crippen molar-refractivity contribution in [3.05, 3.63) is 78.4 Å². The van der Waals surface area contributed by atoms with E-state index in [1.165, 1.54) is 0 Å². The summed E-state index contributed by atoms with van der Waals surface area (Å²) < 4.78 is 10.8. The molecule has 0 spiro atoms. The molecule has 27 heavy (non-hydrogen) atoms. The monoisotopic (exact) mass is 359 g/mol. The van der Waals surface area contributed by atoms with Crippen molar-refractivity contribution in [1.82, 2.24) is 0 Å². The molecule has 1 N–H and O–H groups in total. The molecule has 136 valence electrons. The molecule has 0 bridgehead atoms. The molecule has 3 aromatic rings. The summed E-state index contributed by atoms with van der Waals surface area (Å²) in [6.45, 7) is 0.240. The van der Waals surface area contributed by atoms with Gasteiger partial charge in [0.15, 0.2) is 11.5 Å². The van der Waals surface area contributed by atoms with Crippen LogP contribution in [0.5, 0.6) is 11.5 Å². The number of hydrogen-bond acceptors (Lipinski definition) is 3. The van der Waals surface area contributed by atoms with Crippen molar-refractivity contribution >= 4 is 11.6 Å². The lowest BCUT2D eigenvalue weighted by atomic mass is 9.94. The molecular weight excluding hydrogens is 338 g/mol. The second-order valence-electron chi connectivity index (χ2n) is 7.05. The molecule has 2 aliphatic rings. The Balaban J connectivity index is 0.00000192. The van der Waals surface area contributed by atoms with Crippen LogP contribution in [-0.2, 0) is 10.2 Å². The normalized spacial score (nSPS) is 16.0. The Kier molecular flexibility index (Phi) is 3.64. The molecular formula is C23H21NO3. The van der Waals surface area contributed by atoms with Gasteiger partial charge >= 0.3 is 0 Å². The summed E-state index contributed by atoms with van der Waals surface area (Å²) >= 11 is 0. The van der Waals surface area contributed by atoms with Gasteiger partial charge in [-0.2, -0.15) is 0 Å². The van der Waals surface area contributed by atoms with E-state index in [1.54, 1.807) is 0 Å². The Morgan fingerprint density at radius 2 is 1.63 bits per heavy atom. The molecule has 3 aromatic carbocycles. The van der Waals surface area contributed by atoms with Crippen LogP contribution in [-0.4, -0.2) is 12.7 Å². The summed E-state index contributed by atoms with van der Waals surface area (Å²) in [6.07, 6.45) is 1.69. The maximum Gasteiger partial charge on any atom is 0.235 e. The minimum Gasteiger partial charge on any atom is -0.454 e. The lowest BCUT2D eigenvalue weighted by molar-refractivity contribution is -0.118. The van der Waals surface area contributed by atoms with E-state index in [4.69, 9.17) is 9.47 Å². The van der Waals surface area contributed by atoms with Crippen molar-refractivity contribution in [2.24, 2.45) is 0 Å². The average Bonchev–Trinajstić information content (AvgIpc) is 3.40. The minimum absolute atomic E-state index is 0. The molecule has 0 aromatic heterocycles. The first-order chi connectivity index (χ1) is 13.2. The fraction of sp³-hybridized carbons (Fsp3) is 0.174. The van der Waals surface area contributed by atoms with E-state index in [9.17, 15) is 4.79 Å². The summed E-state index contributed by atoms with van der Waals surface area (Å²) in [5.41, 5.74) is 3.55. The number of nitrogens with one attached hydrogen (secondary N) is 1. The number of carbonyl (C=O) groups is 1. The van der Waals surface area contributed by atoms with E-state index in [2.05, 4.69) is 23.5 Å². The molecule has 1 aliphatic heterocycles. The second-order valence-corrected chi connectivity index (χ2v) is 7.05. The lowest BCUT2D eigenvalue weighted by Crippen LogP contribution is -2.27. The molecule has 0 unspecified atom stereocenters. The maximum absolute atomic E-state index is 13.1. The zero-order chi connectivity index (χ0) is 18.3. The highest BCUT2D eigenvalue weighted by Gasteiger charge is 2.51. The van der Waals surface area contributed by atoms with Crippen molar-refractivity contribution < 1.29 is 15.7 Å². The minimum atomic E-state index is -0.469. The quantitative estimate of drug-likeness (QED) is 0.713. The first kappa shape index (κ1) is 15.9. The summed E-state index contributed by atoms with van der Waals surface area (Å²) in [4.78, 5) is 13.1. The molecule has 4 nitrogen and oxygen atoms in total. The van der Waals surface area contributed by atoms with Gasteiger partial charge in [-0.25, -0.2) is 0 Å². The Morgan fingerprint density at radius 1 is 0.852 bits per heavy atom. The zero-order valence-corrected chi connectivity index (χ0v) is 14.8. The predicted octanol–water partition coefficient (Wildman–Crippen LogP) is 5.00. The van der Waals surface area contributed by atoms with Crippen LogP contribution in [0.25, 0.3) is 11.1 Å². The Morgan fingerprint density at radius 3 is 2.44 bits per heavy atom. The highest BCUT2D eigenvalue weighted by atomic mass is 16.7. The van der Waals surface area contributed by atoms with Crippen LogP contribution in [0.1, 0.15) is 19.8 Å². The number of ether oxygens (including phenoxy) is 2. The standard InChI is InChI=1S/C23H19NO3.H2/c25-22(23(11-12-23)18-9-10-20-21(14-18)27-15-26-20)24-19-8-4-7-17(13-19)16-5-2-1-3-6-16;/h1-10,13-14H,11-12,15H2,(H,24,25);1H. The molecule has 1 heterocycles. The summed E-state index contributed by atoms with van der Waals surface area (Å²) in [5, 5.41) is 3.11. The van der Waals surface area contributed by atoms with E-state index >= 15 is 0 Å². The van der Waals surface area contributed by atoms with E-state index in [-0.39, 0.29) is 14.1 Å².